The summed E-state index contributed by atoms with van der Waals surface area (Å²) in [6, 6.07) is 17.6. The average Bonchev–Trinajstić information content (AvgIpc) is 3.04. The van der Waals surface area contributed by atoms with Crippen molar-refractivity contribution < 1.29 is 0 Å². The first kappa shape index (κ1) is 12.6. The van der Waals surface area contributed by atoms with E-state index in [1.807, 2.05) is 0 Å². The lowest BCUT2D eigenvalue weighted by Gasteiger charge is -2.14. The van der Waals surface area contributed by atoms with Gasteiger partial charge in [0.1, 0.15) is 0 Å². The first-order chi connectivity index (χ1) is 10.3. The minimum absolute atomic E-state index is 0.616. The van der Waals surface area contributed by atoms with Crippen LogP contribution in [-0.2, 0) is 6.42 Å². The van der Waals surface area contributed by atoms with Crippen LogP contribution in [0.15, 0.2) is 59.7 Å². The Labute approximate surface area is 126 Å². The van der Waals surface area contributed by atoms with Crippen molar-refractivity contribution in [2.24, 2.45) is 0 Å². The van der Waals surface area contributed by atoms with Gasteiger partial charge >= 0.3 is 0 Å². The van der Waals surface area contributed by atoms with Gasteiger partial charge in [0.25, 0.3) is 0 Å². The van der Waals surface area contributed by atoms with Crippen molar-refractivity contribution in [3.8, 4) is 0 Å². The van der Waals surface area contributed by atoms with Gasteiger partial charge in [-0.15, -0.1) is 0 Å². The van der Waals surface area contributed by atoms with Gasteiger partial charge in [-0.3, -0.25) is 0 Å². The van der Waals surface area contributed by atoms with Crippen molar-refractivity contribution in [2.75, 3.05) is 0 Å². The SMILES string of the molecule is CC1=Cc2ccccc2C1CCC1=Cc2ccccc2C1. The predicted molar refractivity (Wildman–Crippen MR) is 90.2 cm³/mol. The monoisotopic (exact) mass is 272 g/mol. The summed E-state index contributed by atoms with van der Waals surface area (Å²) in [5.74, 6) is 0.616. The zero-order chi connectivity index (χ0) is 14.2. The van der Waals surface area contributed by atoms with Crippen molar-refractivity contribution in [2.45, 2.75) is 32.1 Å². The first-order valence-corrected chi connectivity index (χ1v) is 7.86. The topological polar surface area (TPSA) is 0 Å². The fourth-order valence-corrected chi connectivity index (χ4v) is 3.78. The molecule has 104 valence electrons. The normalized spacial score (nSPS) is 19.0. The van der Waals surface area contributed by atoms with Gasteiger partial charge in [0.15, 0.2) is 0 Å². The molecule has 2 aromatic rings. The second kappa shape index (κ2) is 5.04. The highest BCUT2D eigenvalue weighted by Gasteiger charge is 2.22. The van der Waals surface area contributed by atoms with E-state index in [2.05, 4.69) is 67.6 Å². The van der Waals surface area contributed by atoms with Crippen LogP contribution >= 0.6 is 0 Å². The van der Waals surface area contributed by atoms with Crippen LogP contribution < -0.4 is 0 Å². The zero-order valence-electron chi connectivity index (χ0n) is 12.5. The molecule has 0 aliphatic heterocycles. The van der Waals surface area contributed by atoms with Gasteiger partial charge in [-0.2, -0.15) is 0 Å². The van der Waals surface area contributed by atoms with Crippen LogP contribution in [0.25, 0.3) is 12.2 Å². The third-order valence-electron chi connectivity index (χ3n) is 4.89. The maximum absolute atomic E-state index is 2.40. The van der Waals surface area contributed by atoms with E-state index in [4.69, 9.17) is 0 Å². The van der Waals surface area contributed by atoms with E-state index >= 15 is 0 Å². The number of benzene rings is 2. The minimum atomic E-state index is 0.616. The smallest absolute Gasteiger partial charge is 0.00577 e. The van der Waals surface area contributed by atoms with Crippen LogP contribution in [0.2, 0.25) is 0 Å². The van der Waals surface area contributed by atoms with Gasteiger partial charge in [-0.25, -0.2) is 0 Å². The van der Waals surface area contributed by atoms with Crippen LogP contribution in [0.4, 0.5) is 0 Å². The number of hydrogen-bond acceptors (Lipinski definition) is 0. The molecule has 21 heavy (non-hydrogen) atoms. The molecule has 1 unspecified atom stereocenters. The van der Waals surface area contributed by atoms with Gasteiger partial charge < -0.3 is 0 Å². The standard InChI is InChI=1S/C21H20/c1-15-12-19-8-4-5-9-21(19)20(15)11-10-16-13-17-6-2-3-7-18(17)14-16/h2-9,12-13,20H,10-11,14H2,1H3. The Kier molecular flexibility index (Phi) is 3.03. The molecule has 0 saturated carbocycles. The molecule has 0 heteroatoms. The Morgan fingerprint density at radius 1 is 0.905 bits per heavy atom. The van der Waals surface area contributed by atoms with E-state index in [-0.39, 0.29) is 0 Å². The van der Waals surface area contributed by atoms with Gasteiger partial charge in [0, 0.05) is 5.92 Å². The molecule has 0 spiro atoms. The molecule has 0 nitrogen and oxygen atoms in total. The quantitative estimate of drug-likeness (QED) is 0.681. The number of hydrogen-bond donors (Lipinski definition) is 0. The lowest BCUT2D eigenvalue weighted by Crippen LogP contribution is -1.98. The van der Waals surface area contributed by atoms with Crippen LogP contribution in [0.1, 0.15) is 47.9 Å². The second-order valence-electron chi connectivity index (χ2n) is 6.29. The summed E-state index contributed by atoms with van der Waals surface area (Å²) in [5, 5.41) is 0. The summed E-state index contributed by atoms with van der Waals surface area (Å²) in [6.07, 6.45) is 8.35. The molecule has 0 N–H and O–H groups in total. The van der Waals surface area contributed by atoms with E-state index in [0.717, 1.165) is 6.42 Å². The van der Waals surface area contributed by atoms with Gasteiger partial charge in [-0.05, 0) is 48.4 Å². The molecule has 0 bridgehead atoms. The Morgan fingerprint density at radius 3 is 2.52 bits per heavy atom. The van der Waals surface area contributed by atoms with E-state index in [1.165, 1.54) is 40.7 Å². The van der Waals surface area contributed by atoms with Crippen LogP contribution in [0.3, 0.4) is 0 Å². The molecule has 4 rings (SSSR count). The summed E-state index contributed by atoms with van der Waals surface area (Å²) < 4.78 is 0. The largest absolute Gasteiger partial charge is 0.0652 e. The van der Waals surface area contributed by atoms with Crippen LogP contribution in [0.5, 0.6) is 0 Å². The molecule has 0 heterocycles. The van der Waals surface area contributed by atoms with Crippen molar-refractivity contribution in [1.82, 2.24) is 0 Å². The second-order valence-corrected chi connectivity index (χ2v) is 6.29. The average molecular weight is 272 g/mol. The molecule has 0 aromatic heterocycles. The van der Waals surface area contributed by atoms with Gasteiger partial charge in [0.05, 0.1) is 0 Å². The van der Waals surface area contributed by atoms with E-state index in [1.54, 1.807) is 5.57 Å². The van der Waals surface area contributed by atoms with Gasteiger partial charge in [-0.1, -0.05) is 71.8 Å². The fourth-order valence-electron chi connectivity index (χ4n) is 3.78. The molecule has 0 fully saturated rings. The number of rotatable bonds is 3. The Balaban J connectivity index is 1.49. The maximum atomic E-state index is 2.40. The predicted octanol–water partition coefficient (Wildman–Crippen LogP) is 5.61. The minimum Gasteiger partial charge on any atom is -0.0652 e. The van der Waals surface area contributed by atoms with Gasteiger partial charge in [0.2, 0.25) is 0 Å². The molecule has 2 aliphatic carbocycles. The van der Waals surface area contributed by atoms with Crippen LogP contribution in [0, 0.1) is 0 Å². The molecule has 2 aliphatic rings. The van der Waals surface area contributed by atoms with Crippen molar-refractivity contribution >= 4 is 12.2 Å². The lowest BCUT2D eigenvalue weighted by atomic mass is 9.90. The summed E-state index contributed by atoms with van der Waals surface area (Å²) in [7, 11) is 0. The molecule has 0 saturated heterocycles. The molecule has 0 amide bonds. The van der Waals surface area contributed by atoms with Crippen LogP contribution in [-0.4, -0.2) is 0 Å². The fraction of sp³-hybridized carbons (Fsp3) is 0.238. The van der Waals surface area contributed by atoms with E-state index in [9.17, 15) is 0 Å². The summed E-state index contributed by atoms with van der Waals surface area (Å²) in [5.41, 5.74) is 8.97. The van der Waals surface area contributed by atoms with E-state index < -0.39 is 0 Å². The maximum Gasteiger partial charge on any atom is 0.00577 e. The van der Waals surface area contributed by atoms with Crippen molar-refractivity contribution in [3.05, 3.63) is 81.9 Å². The zero-order valence-corrected chi connectivity index (χ0v) is 12.5. The molecule has 1 atom stereocenters. The number of allylic oxidation sites excluding steroid dienone is 2. The van der Waals surface area contributed by atoms with E-state index in [0.29, 0.717) is 5.92 Å². The summed E-state index contributed by atoms with van der Waals surface area (Å²) in [4.78, 5) is 0. The highest BCUT2D eigenvalue weighted by Crippen LogP contribution is 2.40. The Bertz CT molecular complexity index is 746. The highest BCUT2D eigenvalue weighted by atomic mass is 14.3. The van der Waals surface area contributed by atoms with Crippen molar-refractivity contribution in [3.63, 3.8) is 0 Å². The summed E-state index contributed by atoms with van der Waals surface area (Å²) >= 11 is 0. The third-order valence-corrected chi connectivity index (χ3v) is 4.89. The molecule has 0 radical (unpaired) electrons. The lowest BCUT2D eigenvalue weighted by molar-refractivity contribution is 0.705. The van der Waals surface area contributed by atoms with Crippen molar-refractivity contribution in [1.29, 1.82) is 0 Å². The highest BCUT2D eigenvalue weighted by molar-refractivity contribution is 5.66. The number of fused-ring (bicyclic) bond motifs is 2. The third kappa shape index (κ3) is 2.25. The first-order valence-electron chi connectivity index (χ1n) is 7.86. The molecular formula is C21H20. The molecule has 2 aromatic carbocycles. The summed E-state index contributed by atoms with van der Waals surface area (Å²) in [6.45, 7) is 2.28. The Hall–Kier alpha value is -2.08. The molecular weight excluding hydrogens is 252 g/mol. The Morgan fingerprint density at radius 2 is 1.67 bits per heavy atom.